The van der Waals surface area contributed by atoms with Crippen LogP contribution in [0.5, 0.6) is 0 Å². The molecule has 1 aromatic rings. The number of carbonyl (C=O) groups is 2. The maximum absolute atomic E-state index is 12.7. The molecule has 1 atom stereocenters. The molecule has 0 bridgehead atoms. The maximum Gasteiger partial charge on any atom is 0.246 e. The third-order valence-electron chi connectivity index (χ3n) is 4.04. The zero-order valence-electron chi connectivity index (χ0n) is 13.3. The van der Waals surface area contributed by atoms with E-state index in [0.717, 1.165) is 22.0 Å². The number of nitrogens with zero attached hydrogens (tertiary/aromatic N) is 2. The zero-order valence-corrected chi connectivity index (χ0v) is 14.1. The number of amides is 2. The number of aryl methyl sites for hydroxylation is 2. The Hall–Kier alpha value is -1.43. The largest absolute Gasteiger partial charge is 0.342 e. The summed E-state index contributed by atoms with van der Waals surface area (Å²) in [6, 6.07) is -0.405. The first-order chi connectivity index (χ1) is 9.77. The van der Waals surface area contributed by atoms with Crippen LogP contribution in [0, 0.1) is 13.8 Å². The molecule has 0 spiro atoms. The van der Waals surface area contributed by atoms with Crippen LogP contribution in [-0.4, -0.2) is 33.3 Å². The highest BCUT2D eigenvalue weighted by atomic mass is 32.1. The monoisotopic (exact) mass is 309 g/mol. The number of rotatable bonds is 4. The van der Waals surface area contributed by atoms with Crippen molar-refractivity contribution in [2.45, 2.75) is 65.6 Å². The minimum absolute atomic E-state index is 0.00745. The van der Waals surface area contributed by atoms with Crippen LogP contribution in [0.25, 0.3) is 0 Å². The summed E-state index contributed by atoms with van der Waals surface area (Å²) in [6.07, 6.45) is 1.54. The van der Waals surface area contributed by atoms with Gasteiger partial charge in [0, 0.05) is 4.88 Å². The summed E-state index contributed by atoms with van der Waals surface area (Å²) in [7, 11) is 0. The predicted octanol–water partition coefficient (Wildman–Crippen LogP) is 2.17. The quantitative estimate of drug-likeness (QED) is 0.927. The molecule has 0 saturated carbocycles. The lowest BCUT2D eigenvalue weighted by Gasteiger charge is -2.44. The fraction of sp³-hybridized carbons (Fsp3) is 0.667. The highest BCUT2D eigenvalue weighted by Crippen LogP contribution is 2.27. The molecule has 5 nitrogen and oxygen atoms in total. The van der Waals surface area contributed by atoms with E-state index in [1.54, 1.807) is 30.1 Å². The van der Waals surface area contributed by atoms with Crippen molar-refractivity contribution in [3.8, 4) is 0 Å². The minimum Gasteiger partial charge on any atom is -0.342 e. The summed E-state index contributed by atoms with van der Waals surface area (Å²) in [6.45, 7) is 9.97. The van der Waals surface area contributed by atoms with Gasteiger partial charge in [0.15, 0.2) is 0 Å². The van der Waals surface area contributed by atoms with E-state index >= 15 is 0 Å². The second kappa shape index (κ2) is 5.75. The zero-order chi connectivity index (χ0) is 15.8. The van der Waals surface area contributed by atoms with Gasteiger partial charge >= 0.3 is 0 Å². The van der Waals surface area contributed by atoms with E-state index in [0.29, 0.717) is 13.0 Å². The molecular weight excluding hydrogens is 286 g/mol. The van der Waals surface area contributed by atoms with Crippen molar-refractivity contribution in [2.75, 3.05) is 0 Å². The van der Waals surface area contributed by atoms with Crippen LogP contribution in [0.2, 0.25) is 0 Å². The third kappa shape index (κ3) is 2.95. The van der Waals surface area contributed by atoms with Crippen LogP contribution in [0.1, 0.15) is 49.2 Å². The number of piperazine rings is 1. The van der Waals surface area contributed by atoms with Crippen LogP contribution in [0.15, 0.2) is 0 Å². The molecule has 0 aliphatic carbocycles. The summed E-state index contributed by atoms with van der Waals surface area (Å²) >= 11 is 1.59. The Bertz CT molecular complexity index is 546. The summed E-state index contributed by atoms with van der Waals surface area (Å²) in [5.41, 5.74) is 0.154. The fourth-order valence-corrected chi connectivity index (χ4v) is 3.41. The Morgan fingerprint density at radius 2 is 2.00 bits per heavy atom. The van der Waals surface area contributed by atoms with Gasteiger partial charge in [-0.15, -0.1) is 11.3 Å². The van der Waals surface area contributed by atoms with Gasteiger partial charge in [-0.1, -0.05) is 13.3 Å². The lowest BCUT2D eigenvalue weighted by Crippen LogP contribution is -2.67. The minimum atomic E-state index is -0.838. The van der Waals surface area contributed by atoms with Crippen LogP contribution in [0.3, 0.4) is 0 Å². The number of hydrogen-bond donors (Lipinski definition) is 1. The average Bonchev–Trinajstić information content (AvgIpc) is 2.72. The van der Waals surface area contributed by atoms with Crippen LogP contribution >= 0.6 is 11.3 Å². The molecule has 2 amide bonds. The second-order valence-corrected chi connectivity index (χ2v) is 7.34. The molecule has 6 heteroatoms. The highest BCUT2D eigenvalue weighted by molar-refractivity contribution is 7.11. The van der Waals surface area contributed by atoms with Crippen molar-refractivity contribution < 1.29 is 9.59 Å². The summed E-state index contributed by atoms with van der Waals surface area (Å²) in [4.78, 5) is 32.3. The number of thiazole rings is 1. The molecule has 0 aromatic carbocycles. The van der Waals surface area contributed by atoms with E-state index in [-0.39, 0.29) is 11.8 Å². The van der Waals surface area contributed by atoms with Gasteiger partial charge in [-0.25, -0.2) is 4.98 Å². The average molecular weight is 309 g/mol. The van der Waals surface area contributed by atoms with Crippen molar-refractivity contribution in [1.29, 1.82) is 0 Å². The van der Waals surface area contributed by atoms with E-state index in [4.69, 9.17) is 0 Å². The Kier molecular flexibility index (Phi) is 4.37. The van der Waals surface area contributed by atoms with Gasteiger partial charge in [-0.2, -0.15) is 0 Å². The molecule has 1 aliphatic rings. The molecule has 1 N–H and O–H groups in total. The highest BCUT2D eigenvalue weighted by Gasteiger charge is 2.46. The molecule has 116 valence electrons. The molecule has 1 fully saturated rings. The molecule has 21 heavy (non-hydrogen) atoms. The Balaban J connectivity index is 2.27. The maximum atomic E-state index is 12.7. The second-order valence-electron chi connectivity index (χ2n) is 6.05. The number of carbonyl (C=O) groups excluding carboxylic acids is 2. The van der Waals surface area contributed by atoms with Gasteiger partial charge in [-0.3, -0.25) is 9.59 Å². The van der Waals surface area contributed by atoms with E-state index in [1.807, 2.05) is 20.8 Å². The SMILES string of the molecule is CCCC1NC(=O)C(C)(C)N(Cc2nc(C)c(C)s2)C1=O. The lowest BCUT2D eigenvalue weighted by molar-refractivity contribution is -0.156. The molecular formula is C15H23N3O2S. The fourth-order valence-electron chi connectivity index (χ4n) is 2.48. The van der Waals surface area contributed by atoms with Gasteiger partial charge in [0.25, 0.3) is 0 Å². The number of hydrogen-bond acceptors (Lipinski definition) is 4. The summed E-state index contributed by atoms with van der Waals surface area (Å²) in [5, 5.41) is 3.73. The van der Waals surface area contributed by atoms with Gasteiger partial charge in [-0.05, 0) is 34.1 Å². The smallest absolute Gasteiger partial charge is 0.246 e. The van der Waals surface area contributed by atoms with Crippen molar-refractivity contribution in [3.63, 3.8) is 0 Å². The Morgan fingerprint density at radius 1 is 1.33 bits per heavy atom. The molecule has 1 aliphatic heterocycles. The van der Waals surface area contributed by atoms with E-state index in [9.17, 15) is 9.59 Å². The molecule has 1 unspecified atom stereocenters. The predicted molar refractivity (Wildman–Crippen MR) is 83.1 cm³/mol. The van der Waals surface area contributed by atoms with Crippen molar-refractivity contribution in [3.05, 3.63) is 15.6 Å². The molecule has 1 saturated heterocycles. The first-order valence-electron chi connectivity index (χ1n) is 7.32. The van der Waals surface area contributed by atoms with E-state index in [1.165, 1.54) is 0 Å². The Labute approximate surface area is 129 Å². The lowest BCUT2D eigenvalue weighted by atomic mass is 9.94. The first kappa shape index (κ1) is 15.9. The number of nitrogens with one attached hydrogen (secondary N) is 1. The standard InChI is InChI=1S/C15H23N3O2S/c1-6-7-11-13(19)18(15(4,5)14(20)17-11)8-12-16-9(2)10(3)21-12/h11H,6-8H2,1-5H3,(H,17,20). The van der Waals surface area contributed by atoms with Gasteiger partial charge in [0.05, 0.1) is 12.2 Å². The Morgan fingerprint density at radius 3 is 2.52 bits per heavy atom. The van der Waals surface area contributed by atoms with E-state index < -0.39 is 11.6 Å². The summed E-state index contributed by atoms with van der Waals surface area (Å²) in [5.74, 6) is -0.0995. The molecule has 2 rings (SSSR count). The van der Waals surface area contributed by atoms with Crippen LogP contribution < -0.4 is 5.32 Å². The van der Waals surface area contributed by atoms with Crippen molar-refractivity contribution in [1.82, 2.24) is 15.2 Å². The van der Waals surface area contributed by atoms with Crippen LogP contribution in [0.4, 0.5) is 0 Å². The van der Waals surface area contributed by atoms with E-state index in [2.05, 4.69) is 10.3 Å². The van der Waals surface area contributed by atoms with Gasteiger partial charge < -0.3 is 10.2 Å². The molecule has 0 radical (unpaired) electrons. The normalized spacial score (nSPS) is 21.6. The third-order valence-corrected chi connectivity index (χ3v) is 5.10. The topological polar surface area (TPSA) is 62.3 Å². The van der Waals surface area contributed by atoms with Gasteiger partial charge in [0.1, 0.15) is 16.6 Å². The summed E-state index contributed by atoms with van der Waals surface area (Å²) < 4.78 is 0. The van der Waals surface area contributed by atoms with Crippen molar-refractivity contribution in [2.24, 2.45) is 0 Å². The van der Waals surface area contributed by atoms with Crippen molar-refractivity contribution >= 4 is 23.2 Å². The molecule has 1 aromatic heterocycles. The first-order valence-corrected chi connectivity index (χ1v) is 8.14. The van der Waals surface area contributed by atoms with Gasteiger partial charge in [0.2, 0.25) is 11.8 Å². The van der Waals surface area contributed by atoms with Crippen LogP contribution in [-0.2, 0) is 16.1 Å². The number of aromatic nitrogens is 1. The molecule has 2 heterocycles.